The molecule has 0 radical (unpaired) electrons. The van der Waals surface area contributed by atoms with Crippen molar-refractivity contribution < 1.29 is 4.74 Å². The van der Waals surface area contributed by atoms with E-state index in [1.165, 1.54) is 5.56 Å². The zero-order valence-electron chi connectivity index (χ0n) is 13.1. The van der Waals surface area contributed by atoms with E-state index in [4.69, 9.17) is 4.74 Å². The lowest BCUT2D eigenvalue weighted by Gasteiger charge is -2.15. The first-order valence-corrected chi connectivity index (χ1v) is 7.18. The summed E-state index contributed by atoms with van der Waals surface area (Å²) >= 11 is 0. The second-order valence-corrected chi connectivity index (χ2v) is 6.90. The van der Waals surface area contributed by atoms with Crippen LogP contribution in [0, 0.1) is 16.7 Å². The fourth-order valence-electron chi connectivity index (χ4n) is 3.15. The zero-order valence-corrected chi connectivity index (χ0v) is 13.1. The molecule has 0 aliphatic heterocycles. The van der Waals surface area contributed by atoms with E-state index in [2.05, 4.69) is 52.1 Å². The van der Waals surface area contributed by atoms with Crippen LogP contribution in [-0.4, -0.2) is 13.7 Å². The highest BCUT2D eigenvalue weighted by atomic mass is 16.5. The maximum absolute atomic E-state index is 5.19. The predicted octanol–water partition coefficient (Wildman–Crippen LogP) is 4.03. The summed E-state index contributed by atoms with van der Waals surface area (Å²) in [6, 6.07) is 8.72. The number of benzene rings is 1. The second-order valence-electron chi connectivity index (χ2n) is 6.90. The Morgan fingerprint density at radius 1 is 1.11 bits per heavy atom. The van der Waals surface area contributed by atoms with Crippen LogP contribution in [0.5, 0.6) is 5.75 Å². The summed E-state index contributed by atoms with van der Waals surface area (Å²) in [7, 11) is 1.70. The summed E-state index contributed by atoms with van der Waals surface area (Å²) in [6.07, 6.45) is 0. The van der Waals surface area contributed by atoms with Gasteiger partial charge in [0, 0.05) is 6.04 Å². The molecule has 1 aliphatic rings. The third-order valence-electron chi connectivity index (χ3n) is 5.56. The first-order valence-electron chi connectivity index (χ1n) is 7.18. The molecule has 2 nitrogen and oxygen atoms in total. The van der Waals surface area contributed by atoms with Crippen LogP contribution < -0.4 is 10.1 Å². The standard InChI is InChI=1S/C17H27NO/c1-12(13-7-9-14(19-6)10-8-13)18-11-15-16(2,3)17(15,4)5/h7-10,12,15,18H,11H2,1-6H3. The Labute approximate surface area is 117 Å². The molecule has 1 aromatic rings. The summed E-state index contributed by atoms with van der Waals surface area (Å²) < 4.78 is 5.19. The van der Waals surface area contributed by atoms with E-state index in [0.717, 1.165) is 18.2 Å². The largest absolute Gasteiger partial charge is 0.497 e. The number of nitrogens with one attached hydrogen (secondary N) is 1. The Kier molecular flexibility index (Phi) is 3.65. The van der Waals surface area contributed by atoms with Gasteiger partial charge in [-0.3, -0.25) is 0 Å². The maximum atomic E-state index is 5.19. The van der Waals surface area contributed by atoms with Crippen molar-refractivity contribution in [3.05, 3.63) is 29.8 Å². The molecule has 106 valence electrons. The Morgan fingerprint density at radius 2 is 1.63 bits per heavy atom. The van der Waals surface area contributed by atoms with E-state index in [1.54, 1.807) is 7.11 Å². The van der Waals surface area contributed by atoms with Gasteiger partial charge in [0.05, 0.1) is 7.11 Å². The Morgan fingerprint density at radius 3 is 2.05 bits per heavy atom. The maximum Gasteiger partial charge on any atom is 0.118 e. The number of rotatable bonds is 5. The average Bonchev–Trinajstić information content (AvgIpc) is 2.77. The van der Waals surface area contributed by atoms with Crippen LogP contribution in [0.1, 0.15) is 46.2 Å². The molecular formula is C17H27NO. The molecule has 1 aliphatic carbocycles. The van der Waals surface area contributed by atoms with Crippen LogP contribution >= 0.6 is 0 Å². The Hall–Kier alpha value is -1.02. The summed E-state index contributed by atoms with van der Waals surface area (Å²) in [5.74, 6) is 1.68. The molecule has 0 aromatic heterocycles. The van der Waals surface area contributed by atoms with Crippen molar-refractivity contribution in [3.63, 3.8) is 0 Å². The van der Waals surface area contributed by atoms with E-state index in [1.807, 2.05) is 12.1 Å². The molecule has 1 saturated carbocycles. The van der Waals surface area contributed by atoms with Crippen LogP contribution in [-0.2, 0) is 0 Å². The van der Waals surface area contributed by atoms with Crippen molar-refractivity contribution in [3.8, 4) is 5.75 Å². The second kappa shape index (κ2) is 4.82. The zero-order chi connectivity index (χ0) is 14.3. The topological polar surface area (TPSA) is 21.3 Å². The summed E-state index contributed by atoms with van der Waals surface area (Å²) in [5.41, 5.74) is 2.23. The van der Waals surface area contributed by atoms with Gasteiger partial charge in [-0.2, -0.15) is 0 Å². The molecule has 0 amide bonds. The monoisotopic (exact) mass is 261 g/mol. The number of hydrogen-bond acceptors (Lipinski definition) is 2. The van der Waals surface area contributed by atoms with Crippen molar-refractivity contribution in [2.24, 2.45) is 16.7 Å². The molecule has 1 N–H and O–H groups in total. The lowest BCUT2D eigenvalue weighted by molar-refractivity contribution is 0.414. The minimum Gasteiger partial charge on any atom is -0.497 e. The molecule has 0 heterocycles. The fraction of sp³-hybridized carbons (Fsp3) is 0.647. The van der Waals surface area contributed by atoms with Crippen LogP contribution in [0.4, 0.5) is 0 Å². The third-order valence-corrected chi connectivity index (χ3v) is 5.56. The number of ether oxygens (including phenoxy) is 1. The van der Waals surface area contributed by atoms with Crippen molar-refractivity contribution in [2.75, 3.05) is 13.7 Å². The highest BCUT2D eigenvalue weighted by Gasteiger charge is 2.63. The quantitative estimate of drug-likeness (QED) is 0.864. The van der Waals surface area contributed by atoms with Gasteiger partial charge in [-0.25, -0.2) is 0 Å². The lowest BCUT2D eigenvalue weighted by atomic mass is 10.0. The van der Waals surface area contributed by atoms with E-state index in [-0.39, 0.29) is 0 Å². The summed E-state index contributed by atoms with van der Waals surface area (Å²) in [4.78, 5) is 0. The highest BCUT2D eigenvalue weighted by molar-refractivity contribution is 5.29. The number of hydrogen-bond donors (Lipinski definition) is 1. The highest BCUT2D eigenvalue weighted by Crippen LogP contribution is 2.68. The molecule has 2 rings (SSSR count). The predicted molar refractivity (Wildman–Crippen MR) is 80.5 cm³/mol. The van der Waals surface area contributed by atoms with Crippen LogP contribution in [0.2, 0.25) is 0 Å². The van der Waals surface area contributed by atoms with Crippen molar-refractivity contribution in [1.29, 1.82) is 0 Å². The third kappa shape index (κ3) is 2.51. The fourth-order valence-corrected chi connectivity index (χ4v) is 3.15. The van der Waals surface area contributed by atoms with E-state index in [9.17, 15) is 0 Å². The molecule has 1 unspecified atom stereocenters. The molecule has 1 aromatic carbocycles. The van der Waals surface area contributed by atoms with Crippen molar-refractivity contribution in [1.82, 2.24) is 5.32 Å². The van der Waals surface area contributed by atoms with E-state index in [0.29, 0.717) is 16.9 Å². The van der Waals surface area contributed by atoms with Crippen LogP contribution in [0.3, 0.4) is 0 Å². The summed E-state index contributed by atoms with van der Waals surface area (Å²) in [6.45, 7) is 12.8. The van der Waals surface area contributed by atoms with Gasteiger partial charge < -0.3 is 10.1 Å². The molecule has 1 fully saturated rings. The normalized spacial score (nSPS) is 22.0. The first-order chi connectivity index (χ1) is 8.80. The van der Waals surface area contributed by atoms with Crippen LogP contribution in [0.25, 0.3) is 0 Å². The molecule has 0 bridgehead atoms. The molecular weight excluding hydrogens is 234 g/mol. The number of methoxy groups -OCH3 is 1. The van der Waals surface area contributed by atoms with Gasteiger partial charge >= 0.3 is 0 Å². The van der Waals surface area contributed by atoms with Gasteiger partial charge in [0.25, 0.3) is 0 Å². The molecule has 0 saturated heterocycles. The van der Waals surface area contributed by atoms with Gasteiger partial charge in [-0.1, -0.05) is 39.8 Å². The lowest BCUT2D eigenvalue weighted by Crippen LogP contribution is -2.23. The molecule has 0 spiro atoms. The van der Waals surface area contributed by atoms with Gasteiger partial charge in [-0.15, -0.1) is 0 Å². The minimum absolute atomic E-state index is 0.387. The van der Waals surface area contributed by atoms with Gasteiger partial charge in [0.15, 0.2) is 0 Å². The van der Waals surface area contributed by atoms with Crippen molar-refractivity contribution in [2.45, 2.75) is 40.7 Å². The Bertz CT molecular complexity index is 419. The first kappa shape index (κ1) is 14.4. The van der Waals surface area contributed by atoms with Crippen molar-refractivity contribution >= 4 is 0 Å². The van der Waals surface area contributed by atoms with Gasteiger partial charge in [0.2, 0.25) is 0 Å². The molecule has 1 atom stereocenters. The molecule has 19 heavy (non-hydrogen) atoms. The van der Waals surface area contributed by atoms with Gasteiger partial charge in [0.1, 0.15) is 5.75 Å². The van der Waals surface area contributed by atoms with Gasteiger partial charge in [-0.05, 0) is 47.9 Å². The molecule has 2 heteroatoms. The Balaban J connectivity index is 1.90. The SMILES string of the molecule is COc1ccc(C(C)NCC2C(C)(C)C2(C)C)cc1. The van der Waals surface area contributed by atoms with E-state index >= 15 is 0 Å². The smallest absolute Gasteiger partial charge is 0.118 e. The average molecular weight is 261 g/mol. The minimum atomic E-state index is 0.387. The van der Waals surface area contributed by atoms with E-state index < -0.39 is 0 Å². The summed E-state index contributed by atoms with van der Waals surface area (Å²) in [5, 5.41) is 3.67. The van der Waals surface area contributed by atoms with Crippen LogP contribution in [0.15, 0.2) is 24.3 Å².